The fraction of sp³-hybridized carbons (Fsp3) is 0.0435. The molecule has 0 saturated carbocycles. The molecule has 34 heavy (non-hydrogen) atoms. The topological polar surface area (TPSA) is 128 Å². The Labute approximate surface area is 199 Å². The van der Waals surface area contributed by atoms with E-state index in [0.717, 1.165) is 23.4 Å². The van der Waals surface area contributed by atoms with Crippen LogP contribution in [0.2, 0.25) is 0 Å². The van der Waals surface area contributed by atoms with Crippen molar-refractivity contribution in [3.63, 3.8) is 0 Å². The molecule has 9 nitrogen and oxygen atoms in total. The van der Waals surface area contributed by atoms with Gasteiger partial charge >= 0.3 is 10.1 Å². The first-order chi connectivity index (χ1) is 16.2. The van der Waals surface area contributed by atoms with Crippen LogP contribution in [-0.2, 0) is 14.9 Å². The minimum atomic E-state index is -4.30. The van der Waals surface area contributed by atoms with Crippen molar-refractivity contribution in [1.82, 2.24) is 5.32 Å². The highest BCUT2D eigenvalue weighted by Crippen LogP contribution is 2.29. The van der Waals surface area contributed by atoms with Crippen LogP contribution in [0.25, 0.3) is 6.08 Å². The van der Waals surface area contributed by atoms with Crippen LogP contribution >= 0.6 is 11.8 Å². The quantitative estimate of drug-likeness (QED) is 0.230. The van der Waals surface area contributed by atoms with E-state index in [2.05, 4.69) is 10.3 Å². The Morgan fingerprint density at radius 2 is 1.79 bits per heavy atom. The summed E-state index contributed by atoms with van der Waals surface area (Å²) >= 11 is 1.16. The maximum absolute atomic E-state index is 12.6. The molecular formula is C23H17N3O6S2. The number of carbonyl (C=O) groups is 1. The normalized spacial score (nSPS) is 16.0. The molecule has 172 valence electrons. The first kappa shape index (κ1) is 23.2. The lowest BCUT2D eigenvalue weighted by atomic mass is 10.2. The number of amides is 1. The maximum Gasteiger partial charge on any atom is 0.339 e. The summed E-state index contributed by atoms with van der Waals surface area (Å²) in [5, 5.41) is 14.1. The number of aryl methyl sites for hydroxylation is 1. The van der Waals surface area contributed by atoms with Crippen LogP contribution in [0.4, 0.5) is 11.4 Å². The van der Waals surface area contributed by atoms with Crippen molar-refractivity contribution in [3.8, 4) is 5.75 Å². The van der Waals surface area contributed by atoms with E-state index < -0.39 is 15.0 Å². The predicted octanol–water partition coefficient (Wildman–Crippen LogP) is 4.56. The van der Waals surface area contributed by atoms with E-state index in [-0.39, 0.29) is 22.2 Å². The van der Waals surface area contributed by atoms with Gasteiger partial charge < -0.3 is 9.50 Å². The first-order valence-electron chi connectivity index (χ1n) is 9.85. The Balaban J connectivity index is 1.53. The molecule has 1 amide bonds. The summed E-state index contributed by atoms with van der Waals surface area (Å²) in [5.74, 6) is -0.329. The van der Waals surface area contributed by atoms with Gasteiger partial charge in [0.2, 0.25) is 0 Å². The van der Waals surface area contributed by atoms with Crippen molar-refractivity contribution >= 4 is 50.4 Å². The molecule has 1 heterocycles. The largest absolute Gasteiger partial charge is 0.379 e. The summed E-state index contributed by atoms with van der Waals surface area (Å²) in [6.45, 7) is 1.97. The summed E-state index contributed by atoms with van der Waals surface area (Å²) in [6, 6.07) is 18.3. The Bertz CT molecular complexity index is 1450. The standard InChI is InChI=1S/C23H17N3O6S2/c1-15-8-10-17(11-9-15)24-23-25-22(27)21(33-23)13-16-4-2-6-19(12-16)32-34(30,31)20-7-3-5-18(14-20)26(28)29/h2-14H,1H3,(H,24,25,27)/b21-13-. The van der Waals surface area contributed by atoms with Gasteiger partial charge in [0.05, 0.1) is 15.5 Å². The molecule has 1 saturated heterocycles. The number of nitrogens with one attached hydrogen (secondary N) is 1. The zero-order valence-electron chi connectivity index (χ0n) is 17.7. The Morgan fingerprint density at radius 1 is 1.06 bits per heavy atom. The van der Waals surface area contributed by atoms with Gasteiger partial charge in [-0.3, -0.25) is 14.9 Å². The van der Waals surface area contributed by atoms with Gasteiger partial charge in [0.25, 0.3) is 11.6 Å². The minimum absolute atomic E-state index is 0.00203. The van der Waals surface area contributed by atoms with Crippen LogP contribution in [0, 0.1) is 17.0 Å². The Morgan fingerprint density at radius 3 is 2.53 bits per heavy atom. The fourth-order valence-corrected chi connectivity index (χ4v) is 4.76. The number of hydrogen-bond acceptors (Lipinski definition) is 8. The lowest BCUT2D eigenvalue weighted by Gasteiger charge is -2.07. The molecular weight excluding hydrogens is 478 g/mol. The smallest absolute Gasteiger partial charge is 0.339 e. The van der Waals surface area contributed by atoms with Crippen molar-refractivity contribution < 1.29 is 22.3 Å². The van der Waals surface area contributed by atoms with E-state index >= 15 is 0 Å². The Kier molecular flexibility index (Phi) is 6.48. The number of hydrogen-bond donors (Lipinski definition) is 1. The molecule has 1 N–H and O–H groups in total. The predicted molar refractivity (Wildman–Crippen MR) is 129 cm³/mol. The molecule has 0 spiro atoms. The summed E-state index contributed by atoms with van der Waals surface area (Å²) < 4.78 is 30.3. The van der Waals surface area contributed by atoms with Gasteiger partial charge in [-0.05, 0) is 60.7 Å². The van der Waals surface area contributed by atoms with Crippen LogP contribution in [-0.4, -0.2) is 24.4 Å². The SMILES string of the molecule is Cc1ccc(N=C2NC(=O)/C(=C/c3cccc(OS(=O)(=O)c4cccc([N+](=O)[O-])c4)c3)S2)cc1. The van der Waals surface area contributed by atoms with Gasteiger partial charge in [0, 0.05) is 12.1 Å². The molecule has 0 radical (unpaired) electrons. The molecule has 4 rings (SSSR count). The van der Waals surface area contributed by atoms with E-state index in [1.165, 1.54) is 30.3 Å². The van der Waals surface area contributed by atoms with Gasteiger partial charge in [-0.2, -0.15) is 8.42 Å². The van der Waals surface area contributed by atoms with Crippen molar-refractivity contribution in [2.45, 2.75) is 11.8 Å². The second-order valence-electron chi connectivity index (χ2n) is 7.18. The third-order valence-corrected chi connectivity index (χ3v) is 6.75. The first-order valence-corrected chi connectivity index (χ1v) is 12.1. The zero-order chi connectivity index (χ0) is 24.3. The fourth-order valence-electron chi connectivity index (χ4n) is 2.95. The van der Waals surface area contributed by atoms with E-state index in [9.17, 15) is 23.3 Å². The monoisotopic (exact) mass is 495 g/mol. The second-order valence-corrected chi connectivity index (χ2v) is 9.76. The molecule has 1 aliphatic rings. The summed E-state index contributed by atoms with van der Waals surface area (Å²) in [4.78, 5) is 27.1. The number of nitro groups is 1. The molecule has 0 unspecified atom stereocenters. The summed E-state index contributed by atoms with van der Waals surface area (Å²) in [7, 11) is -4.30. The highest BCUT2D eigenvalue weighted by molar-refractivity contribution is 8.18. The van der Waals surface area contributed by atoms with Crippen LogP contribution in [0.1, 0.15) is 11.1 Å². The van der Waals surface area contributed by atoms with Crippen LogP contribution in [0.3, 0.4) is 0 Å². The maximum atomic E-state index is 12.6. The number of non-ortho nitro benzene ring substituents is 1. The zero-order valence-corrected chi connectivity index (χ0v) is 19.3. The van der Waals surface area contributed by atoms with Gasteiger partial charge in [-0.15, -0.1) is 0 Å². The van der Waals surface area contributed by atoms with Crippen molar-refractivity contribution in [2.75, 3.05) is 0 Å². The molecule has 0 atom stereocenters. The third kappa shape index (κ3) is 5.50. The molecule has 1 aliphatic heterocycles. The average molecular weight is 496 g/mol. The van der Waals surface area contributed by atoms with Crippen LogP contribution in [0.5, 0.6) is 5.75 Å². The van der Waals surface area contributed by atoms with Gasteiger partial charge in [-0.25, -0.2) is 4.99 Å². The number of amidine groups is 1. The third-order valence-electron chi connectivity index (χ3n) is 4.59. The van der Waals surface area contributed by atoms with E-state index in [4.69, 9.17) is 4.18 Å². The number of rotatable bonds is 6. The van der Waals surface area contributed by atoms with Gasteiger partial charge in [-0.1, -0.05) is 35.9 Å². The number of nitrogens with zero attached hydrogens (tertiary/aromatic N) is 2. The molecule has 0 aromatic heterocycles. The van der Waals surface area contributed by atoms with Gasteiger partial charge in [0.15, 0.2) is 5.17 Å². The molecule has 0 bridgehead atoms. The van der Waals surface area contributed by atoms with E-state index in [1.807, 2.05) is 31.2 Å². The number of nitro benzene ring substituents is 1. The number of carbonyl (C=O) groups excluding carboxylic acids is 1. The Hall–Kier alpha value is -3.96. The van der Waals surface area contributed by atoms with Gasteiger partial charge in [0.1, 0.15) is 10.6 Å². The van der Waals surface area contributed by atoms with Crippen molar-refractivity contribution in [3.05, 3.63) is 98.9 Å². The lowest BCUT2D eigenvalue weighted by Crippen LogP contribution is -2.19. The second kappa shape index (κ2) is 9.49. The lowest BCUT2D eigenvalue weighted by molar-refractivity contribution is -0.385. The highest BCUT2D eigenvalue weighted by atomic mass is 32.2. The van der Waals surface area contributed by atoms with Crippen LogP contribution in [0.15, 0.2) is 87.6 Å². The van der Waals surface area contributed by atoms with Crippen LogP contribution < -0.4 is 9.50 Å². The number of aliphatic imine (C=N–C) groups is 1. The molecule has 3 aromatic carbocycles. The minimum Gasteiger partial charge on any atom is -0.379 e. The number of thioether (sulfide) groups is 1. The number of benzene rings is 3. The molecule has 1 fully saturated rings. The van der Waals surface area contributed by atoms with Crippen molar-refractivity contribution in [1.29, 1.82) is 0 Å². The highest BCUT2D eigenvalue weighted by Gasteiger charge is 2.24. The molecule has 3 aromatic rings. The summed E-state index contributed by atoms with van der Waals surface area (Å²) in [6.07, 6.45) is 1.59. The van der Waals surface area contributed by atoms with E-state index in [1.54, 1.807) is 18.2 Å². The molecule has 0 aliphatic carbocycles. The van der Waals surface area contributed by atoms with Crippen molar-refractivity contribution in [2.24, 2.45) is 4.99 Å². The summed E-state index contributed by atoms with van der Waals surface area (Å²) in [5.41, 5.74) is 1.97. The molecule has 11 heteroatoms. The van der Waals surface area contributed by atoms with E-state index in [0.29, 0.717) is 21.3 Å². The average Bonchev–Trinajstić information content (AvgIpc) is 3.13.